The third kappa shape index (κ3) is 5.19. The van der Waals surface area contributed by atoms with Crippen molar-refractivity contribution in [3.8, 4) is 5.75 Å². The molecule has 194 valence electrons. The number of aryl methyl sites for hydroxylation is 1. The fourth-order valence-corrected chi connectivity index (χ4v) is 5.35. The summed E-state index contributed by atoms with van der Waals surface area (Å²) in [7, 11) is 3.30. The monoisotopic (exact) mass is 522 g/mol. The maximum atomic E-state index is 12.9. The summed E-state index contributed by atoms with van der Waals surface area (Å²) >= 11 is 1.58. The van der Waals surface area contributed by atoms with E-state index in [1.54, 1.807) is 44.4 Å². The second kappa shape index (κ2) is 10.7. The van der Waals surface area contributed by atoms with Gasteiger partial charge in [-0.25, -0.2) is 14.8 Å². The SMILES string of the molecule is COc1ccc(N2CCN(c3nc4c(c(=O)[nH]c(=O)n4C)n3C[C@@H](C)CSc3ncccn3)CC2)cc1. The molecule has 1 N–H and O–H groups in total. The van der Waals surface area contributed by atoms with Gasteiger partial charge in [-0.15, -0.1) is 0 Å². The average molecular weight is 523 g/mol. The fourth-order valence-electron chi connectivity index (χ4n) is 4.54. The number of aromatic amines is 1. The van der Waals surface area contributed by atoms with Crippen LogP contribution in [-0.2, 0) is 13.6 Å². The highest BCUT2D eigenvalue weighted by Crippen LogP contribution is 2.26. The smallest absolute Gasteiger partial charge is 0.329 e. The molecule has 0 spiro atoms. The fraction of sp³-hybridized carbons (Fsp3) is 0.400. The van der Waals surface area contributed by atoms with Crippen LogP contribution in [0.5, 0.6) is 5.75 Å². The number of piperazine rings is 1. The highest BCUT2D eigenvalue weighted by molar-refractivity contribution is 7.99. The van der Waals surface area contributed by atoms with Crippen LogP contribution < -0.4 is 25.8 Å². The number of nitrogens with one attached hydrogen (secondary N) is 1. The van der Waals surface area contributed by atoms with Crippen LogP contribution in [0.4, 0.5) is 11.6 Å². The molecule has 12 heteroatoms. The lowest BCUT2D eigenvalue weighted by molar-refractivity contribution is 0.415. The van der Waals surface area contributed by atoms with Crippen molar-refractivity contribution in [2.75, 3.05) is 48.8 Å². The van der Waals surface area contributed by atoms with Crippen LogP contribution >= 0.6 is 11.8 Å². The summed E-state index contributed by atoms with van der Waals surface area (Å²) in [6, 6.07) is 9.85. The van der Waals surface area contributed by atoms with Crippen molar-refractivity contribution < 1.29 is 4.74 Å². The van der Waals surface area contributed by atoms with E-state index < -0.39 is 11.2 Å². The molecule has 0 saturated carbocycles. The second-order valence-corrected chi connectivity index (χ2v) is 10.1. The quantitative estimate of drug-likeness (QED) is 0.274. The van der Waals surface area contributed by atoms with Crippen LogP contribution in [0.1, 0.15) is 6.92 Å². The zero-order valence-electron chi connectivity index (χ0n) is 21.1. The van der Waals surface area contributed by atoms with E-state index in [9.17, 15) is 9.59 Å². The maximum absolute atomic E-state index is 12.9. The highest BCUT2D eigenvalue weighted by atomic mass is 32.2. The highest BCUT2D eigenvalue weighted by Gasteiger charge is 2.26. The first-order chi connectivity index (χ1) is 17.9. The first kappa shape index (κ1) is 24.9. The lowest BCUT2D eigenvalue weighted by atomic mass is 10.2. The Labute approximate surface area is 218 Å². The van der Waals surface area contributed by atoms with E-state index in [1.165, 1.54) is 4.57 Å². The summed E-state index contributed by atoms with van der Waals surface area (Å²) in [5.41, 5.74) is 1.07. The Hall–Kier alpha value is -3.80. The van der Waals surface area contributed by atoms with Gasteiger partial charge in [0, 0.05) is 63.6 Å². The summed E-state index contributed by atoms with van der Waals surface area (Å²) in [6.45, 7) is 5.79. The summed E-state index contributed by atoms with van der Waals surface area (Å²) in [6.07, 6.45) is 3.46. The van der Waals surface area contributed by atoms with Gasteiger partial charge in [0.1, 0.15) is 5.75 Å². The largest absolute Gasteiger partial charge is 0.497 e. The van der Waals surface area contributed by atoms with Gasteiger partial charge in [-0.2, -0.15) is 4.98 Å². The Morgan fingerprint density at radius 1 is 1.05 bits per heavy atom. The van der Waals surface area contributed by atoms with E-state index in [4.69, 9.17) is 9.72 Å². The maximum Gasteiger partial charge on any atom is 0.329 e. The minimum atomic E-state index is -0.470. The summed E-state index contributed by atoms with van der Waals surface area (Å²) in [4.78, 5) is 45.6. The number of hydrogen-bond acceptors (Lipinski definition) is 9. The molecule has 1 saturated heterocycles. The third-order valence-electron chi connectivity index (χ3n) is 6.52. The minimum Gasteiger partial charge on any atom is -0.497 e. The molecule has 1 aromatic carbocycles. The summed E-state index contributed by atoms with van der Waals surface area (Å²) < 4.78 is 8.65. The Morgan fingerprint density at radius 3 is 2.41 bits per heavy atom. The van der Waals surface area contributed by atoms with Crippen LogP contribution in [0.25, 0.3) is 11.2 Å². The number of fused-ring (bicyclic) bond motifs is 1. The van der Waals surface area contributed by atoms with Gasteiger partial charge in [-0.1, -0.05) is 18.7 Å². The topological polar surface area (TPSA) is 114 Å². The Bertz CT molecular complexity index is 1470. The number of rotatable bonds is 8. The normalized spacial score (nSPS) is 14.8. The van der Waals surface area contributed by atoms with Crippen LogP contribution in [0.15, 0.2) is 57.5 Å². The van der Waals surface area contributed by atoms with Gasteiger partial charge in [0.05, 0.1) is 7.11 Å². The molecule has 0 bridgehead atoms. The molecule has 11 nitrogen and oxygen atoms in total. The summed E-state index contributed by atoms with van der Waals surface area (Å²) in [5, 5.41) is 0.722. The molecule has 0 unspecified atom stereocenters. The number of nitrogens with zero attached hydrogens (tertiary/aromatic N) is 7. The third-order valence-corrected chi connectivity index (χ3v) is 7.73. The van der Waals surface area contributed by atoms with E-state index in [0.29, 0.717) is 23.7 Å². The number of aromatic nitrogens is 6. The van der Waals surface area contributed by atoms with Crippen molar-refractivity contribution in [3.63, 3.8) is 0 Å². The predicted octanol–water partition coefficient (Wildman–Crippen LogP) is 1.98. The number of anilines is 2. The Morgan fingerprint density at radius 2 is 1.73 bits per heavy atom. The number of thioether (sulfide) groups is 1. The van der Waals surface area contributed by atoms with Gasteiger partial charge in [0.25, 0.3) is 5.56 Å². The van der Waals surface area contributed by atoms with Gasteiger partial charge < -0.3 is 19.1 Å². The van der Waals surface area contributed by atoms with E-state index in [2.05, 4.69) is 43.8 Å². The molecule has 0 radical (unpaired) electrons. The van der Waals surface area contributed by atoms with Crippen molar-refractivity contribution >= 4 is 34.6 Å². The molecule has 37 heavy (non-hydrogen) atoms. The molecule has 5 rings (SSSR count). The number of methoxy groups -OCH3 is 1. The molecule has 4 heterocycles. The first-order valence-electron chi connectivity index (χ1n) is 12.2. The molecule has 1 aliphatic rings. The van der Waals surface area contributed by atoms with Gasteiger partial charge in [-0.05, 0) is 36.2 Å². The minimum absolute atomic E-state index is 0.196. The van der Waals surface area contributed by atoms with Gasteiger partial charge in [0.2, 0.25) is 5.95 Å². The van der Waals surface area contributed by atoms with E-state index >= 15 is 0 Å². The van der Waals surface area contributed by atoms with Crippen LogP contribution in [0.3, 0.4) is 0 Å². The first-order valence-corrected chi connectivity index (χ1v) is 13.2. The van der Waals surface area contributed by atoms with Crippen LogP contribution in [0.2, 0.25) is 0 Å². The van der Waals surface area contributed by atoms with E-state index in [0.717, 1.165) is 48.5 Å². The van der Waals surface area contributed by atoms with E-state index in [1.807, 2.05) is 16.7 Å². The number of hydrogen-bond donors (Lipinski definition) is 1. The number of H-pyrrole nitrogens is 1. The van der Waals surface area contributed by atoms with Crippen LogP contribution in [0, 0.1) is 5.92 Å². The van der Waals surface area contributed by atoms with Crippen molar-refractivity contribution in [3.05, 3.63) is 63.6 Å². The number of ether oxygens (including phenoxy) is 1. The second-order valence-electron chi connectivity index (χ2n) is 9.13. The Balaban J connectivity index is 1.40. The molecule has 4 aromatic rings. The van der Waals surface area contributed by atoms with Crippen molar-refractivity contribution in [2.24, 2.45) is 13.0 Å². The molecule has 1 fully saturated rings. The molecular weight excluding hydrogens is 492 g/mol. The average Bonchev–Trinajstić information content (AvgIpc) is 3.31. The molecule has 0 aliphatic carbocycles. The number of imidazole rings is 1. The zero-order valence-corrected chi connectivity index (χ0v) is 21.9. The standard InChI is InChI=1S/C25H30N8O3S/c1-17(16-37-23-26-9-4-10-27-23)15-33-20-21(30(2)25(35)29-22(20)34)28-24(33)32-13-11-31(12-14-32)18-5-7-19(36-3)8-6-18/h4-10,17H,11-16H2,1-3H3,(H,29,34,35)/t17-/m1/s1. The zero-order chi connectivity index (χ0) is 25.9. The van der Waals surface area contributed by atoms with Crippen molar-refractivity contribution in [2.45, 2.75) is 18.6 Å². The van der Waals surface area contributed by atoms with Gasteiger partial charge in [0.15, 0.2) is 16.3 Å². The van der Waals surface area contributed by atoms with Gasteiger partial charge in [-0.3, -0.25) is 14.3 Å². The lowest BCUT2D eigenvalue weighted by Crippen LogP contribution is -2.47. The van der Waals surface area contributed by atoms with Gasteiger partial charge >= 0.3 is 5.69 Å². The molecule has 3 aromatic heterocycles. The Kier molecular flexibility index (Phi) is 7.17. The van der Waals surface area contributed by atoms with Crippen molar-refractivity contribution in [1.29, 1.82) is 0 Å². The molecule has 0 amide bonds. The summed E-state index contributed by atoms with van der Waals surface area (Å²) in [5.74, 6) is 2.52. The molecule has 1 aliphatic heterocycles. The van der Waals surface area contributed by atoms with E-state index in [-0.39, 0.29) is 5.92 Å². The predicted molar refractivity (Wildman–Crippen MR) is 145 cm³/mol. The molecular formula is C25H30N8O3S. The lowest BCUT2D eigenvalue weighted by Gasteiger charge is -2.37. The van der Waals surface area contributed by atoms with Crippen LogP contribution in [-0.4, -0.2) is 68.1 Å². The molecule has 1 atom stereocenters. The van der Waals surface area contributed by atoms with Crippen molar-refractivity contribution in [1.82, 2.24) is 29.1 Å². The number of benzene rings is 1.